The monoisotopic (exact) mass is 356 g/mol. The summed E-state index contributed by atoms with van der Waals surface area (Å²) >= 11 is 2.94. The van der Waals surface area contributed by atoms with E-state index in [0.29, 0.717) is 6.07 Å². The third-order valence-electron chi connectivity index (χ3n) is 2.19. The fraction of sp³-hybridized carbons (Fsp3) is 0.300. The van der Waals surface area contributed by atoms with E-state index in [1.807, 2.05) is 4.72 Å². The molecule has 0 spiro atoms. The Hall–Kier alpha value is -1.27. The number of rotatable bonds is 3. The highest BCUT2D eigenvalue weighted by atomic mass is 79.9. The molecule has 0 saturated carbocycles. The van der Waals surface area contributed by atoms with Crippen molar-refractivity contribution in [2.24, 2.45) is 0 Å². The van der Waals surface area contributed by atoms with Crippen LogP contribution >= 0.6 is 15.9 Å². The van der Waals surface area contributed by atoms with Crippen LogP contribution in [-0.2, 0) is 16.2 Å². The topological polar surface area (TPSA) is 70.0 Å². The summed E-state index contributed by atoms with van der Waals surface area (Å²) in [7, 11) is -4.06. The molecule has 9 heteroatoms. The second-order valence-corrected chi connectivity index (χ2v) is 6.47. The molecule has 0 amide bonds. The molecule has 19 heavy (non-hydrogen) atoms. The third kappa shape index (κ3) is 3.84. The molecule has 0 fully saturated rings. The molecule has 0 heterocycles. The Morgan fingerprint density at radius 1 is 1.42 bits per heavy atom. The molecule has 1 aromatic rings. The summed E-state index contributed by atoms with van der Waals surface area (Å²) in [6, 6.07) is 4.06. The summed E-state index contributed by atoms with van der Waals surface area (Å²) in [6.45, 7) is 1.13. The highest BCUT2D eigenvalue weighted by Crippen LogP contribution is 2.34. The number of benzene rings is 1. The maximum atomic E-state index is 12.5. The second-order valence-electron chi connectivity index (χ2n) is 3.61. The fourth-order valence-electron chi connectivity index (χ4n) is 1.09. The van der Waals surface area contributed by atoms with Crippen molar-refractivity contribution in [3.05, 3.63) is 28.2 Å². The molecule has 0 saturated heterocycles. The minimum atomic E-state index is -4.58. The molecule has 0 aliphatic heterocycles. The molecular weight excluding hydrogens is 349 g/mol. The van der Waals surface area contributed by atoms with Crippen LogP contribution < -0.4 is 4.72 Å². The molecule has 0 radical (unpaired) electrons. The lowest BCUT2D eigenvalue weighted by molar-refractivity contribution is -0.137. The number of hydrogen-bond acceptors (Lipinski definition) is 3. The number of nitriles is 1. The van der Waals surface area contributed by atoms with E-state index >= 15 is 0 Å². The second kappa shape index (κ2) is 5.38. The Balaban J connectivity index is 3.20. The van der Waals surface area contributed by atoms with E-state index in [4.69, 9.17) is 5.26 Å². The van der Waals surface area contributed by atoms with E-state index < -0.39 is 27.0 Å². The molecule has 4 nitrogen and oxygen atoms in total. The lowest BCUT2D eigenvalue weighted by Gasteiger charge is -2.13. The molecule has 104 valence electrons. The van der Waals surface area contributed by atoms with Crippen molar-refractivity contribution in [2.75, 3.05) is 4.72 Å². The Morgan fingerprint density at radius 2 is 2.00 bits per heavy atom. The molecule has 0 bridgehead atoms. The minimum absolute atomic E-state index is 0.147. The van der Waals surface area contributed by atoms with Crippen molar-refractivity contribution in [2.45, 2.75) is 18.3 Å². The number of halogens is 4. The Bertz CT molecular complexity index is 623. The highest BCUT2D eigenvalue weighted by Gasteiger charge is 2.31. The van der Waals surface area contributed by atoms with Gasteiger partial charge >= 0.3 is 6.18 Å². The summed E-state index contributed by atoms with van der Waals surface area (Å²) < 4.78 is 62.9. The van der Waals surface area contributed by atoms with Crippen LogP contribution in [0.15, 0.2) is 22.7 Å². The van der Waals surface area contributed by atoms with Gasteiger partial charge in [0, 0.05) is 4.47 Å². The fourth-order valence-corrected chi connectivity index (χ4v) is 2.36. The normalized spacial score (nSPS) is 13.7. The predicted octanol–water partition coefficient (Wildman–Crippen LogP) is 3.12. The van der Waals surface area contributed by atoms with Crippen molar-refractivity contribution in [1.82, 2.24) is 0 Å². The molecule has 1 N–H and O–H groups in total. The quantitative estimate of drug-likeness (QED) is 0.904. The van der Waals surface area contributed by atoms with Crippen LogP contribution in [0.2, 0.25) is 0 Å². The zero-order valence-electron chi connectivity index (χ0n) is 9.49. The largest absolute Gasteiger partial charge is 0.416 e. The molecule has 1 rings (SSSR count). The van der Waals surface area contributed by atoms with E-state index in [0.717, 1.165) is 19.1 Å². The molecule has 1 unspecified atom stereocenters. The lowest BCUT2D eigenvalue weighted by atomic mass is 10.2. The van der Waals surface area contributed by atoms with Crippen LogP contribution in [-0.4, -0.2) is 13.7 Å². The Kier molecular flexibility index (Phi) is 4.47. The number of alkyl halides is 3. The maximum absolute atomic E-state index is 12.5. The predicted molar refractivity (Wildman–Crippen MR) is 66.8 cm³/mol. The standard InChI is InChI=1S/C10H8BrF3N2O2S/c1-6(5-15)19(17,18)16-9-4-7(10(12,13)14)2-3-8(9)11/h2-4,6,16H,1H3. The number of nitrogens with one attached hydrogen (secondary N) is 1. The van der Waals surface area contributed by atoms with E-state index in [2.05, 4.69) is 15.9 Å². The van der Waals surface area contributed by atoms with E-state index in [1.54, 1.807) is 0 Å². The van der Waals surface area contributed by atoms with Crippen LogP contribution in [0.5, 0.6) is 0 Å². The van der Waals surface area contributed by atoms with Gasteiger partial charge < -0.3 is 0 Å². The van der Waals surface area contributed by atoms with Crippen molar-refractivity contribution in [3.8, 4) is 6.07 Å². The highest BCUT2D eigenvalue weighted by molar-refractivity contribution is 9.10. The first-order chi connectivity index (χ1) is 8.58. The zero-order valence-corrected chi connectivity index (χ0v) is 11.9. The van der Waals surface area contributed by atoms with Gasteiger partial charge in [0.05, 0.1) is 17.3 Å². The summed E-state index contributed by atoms with van der Waals surface area (Å²) in [5.41, 5.74) is -1.25. The summed E-state index contributed by atoms with van der Waals surface area (Å²) in [5, 5.41) is 7.16. The number of sulfonamides is 1. The van der Waals surface area contributed by atoms with Gasteiger partial charge in [-0.05, 0) is 41.1 Å². The van der Waals surface area contributed by atoms with Gasteiger partial charge in [-0.15, -0.1) is 0 Å². The van der Waals surface area contributed by atoms with Crippen molar-refractivity contribution >= 4 is 31.6 Å². The van der Waals surface area contributed by atoms with Crippen LogP contribution in [0, 0.1) is 11.3 Å². The number of anilines is 1. The van der Waals surface area contributed by atoms with Gasteiger partial charge in [-0.25, -0.2) is 8.42 Å². The van der Waals surface area contributed by atoms with E-state index in [-0.39, 0.29) is 10.2 Å². The smallest absolute Gasteiger partial charge is 0.281 e. The third-order valence-corrected chi connectivity index (χ3v) is 4.43. The van der Waals surface area contributed by atoms with E-state index in [1.165, 1.54) is 6.07 Å². The average molecular weight is 357 g/mol. The first-order valence-electron chi connectivity index (χ1n) is 4.86. The summed E-state index contributed by atoms with van der Waals surface area (Å²) in [4.78, 5) is 0. The van der Waals surface area contributed by atoms with Crippen LogP contribution in [0.25, 0.3) is 0 Å². The number of nitrogens with zero attached hydrogens (tertiary/aromatic N) is 1. The van der Waals surface area contributed by atoms with Gasteiger partial charge in [0.2, 0.25) is 10.0 Å². The molecule has 1 atom stereocenters. The van der Waals surface area contributed by atoms with E-state index in [9.17, 15) is 21.6 Å². The first-order valence-corrected chi connectivity index (χ1v) is 7.20. The van der Waals surface area contributed by atoms with Crippen LogP contribution in [0.1, 0.15) is 12.5 Å². The Labute approximate surface area is 116 Å². The van der Waals surface area contributed by atoms with Crippen molar-refractivity contribution in [1.29, 1.82) is 5.26 Å². The first kappa shape index (κ1) is 15.8. The van der Waals surface area contributed by atoms with Gasteiger partial charge in [-0.2, -0.15) is 18.4 Å². The molecule has 0 aromatic heterocycles. The number of hydrogen-bond donors (Lipinski definition) is 1. The summed E-state index contributed by atoms with van der Waals surface area (Å²) in [5.74, 6) is 0. The summed E-state index contributed by atoms with van der Waals surface area (Å²) in [6.07, 6.45) is -4.58. The minimum Gasteiger partial charge on any atom is -0.281 e. The molecule has 0 aliphatic carbocycles. The van der Waals surface area contributed by atoms with Gasteiger partial charge in [0.15, 0.2) is 5.25 Å². The van der Waals surface area contributed by atoms with Gasteiger partial charge in [-0.3, -0.25) is 4.72 Å². The molecule has 1 aromatic carbocycles. The lowest BCUT2D eigenvalue weighted by Crippen LogP contribution is -2.24. The molecule has 0 aliphatic rings. The van der Waals surface area contributed by atoms with Gasteiger partial charge in [0.1, 0.15) is 0 Å². The van der Waals surface area contributed by atoms with Gasteiger partial charge in [-0.1, -0.05) is 0 Å². The van der Waals surface area contributed by atoms with Crippen LogP contribution in [0.4, 0.5) is 18.9 Å². The zero-order chi connectivity index (χ0) is 14.8. The maximum Gasteiger partial charge on any atom is 0.416 e. The average Bonchev–Trinajstić information content (AvgIpc) is 2.29. The van der Waals surface area contributed by atoms with Crippen LogP contribution in [0.3, 0.4) is 0 Å². The Morgan fingerprint density at radius 3 is 2.47 bits per heavy atom. The van der Waals surface area contributed by atoms with Gasteiger partial charge in [0.25, 0.3) is 0 Å². The SMILES string of the molecule is CC(C#N)S(=O)(=O)Nc1cc(C(F)(F)F)ccc1Br. The molecular formula is C10H8BrF3N2O2S. The van der Waals surface area contributed by atoms with Crippen molar-refractivity contribution < 1.29 is 21.6 Å². The van der Waals surface area contributed by atoms with Crippen molar-refractivity contribution in [3.63, 3.8) is 0 Å².